The minimum atomic E-state index is -5.80. The van der Waals surface area contributed by atoms with Gasteiger partial charge in [0.15, 0.2) is 18.0 Å². The van der Waals surface area contributed by atoms with Crippen LogP contribution in [0, 0.1) is 0 Å². The highest BCUT2D eigenvalue weighted by molar-refractivity contribution is 7.87. The molecule has 0 unspecified atom stereocenters. The third kappa shape index (κ3) is 5.61. The Balaban J connectivity index is 2.04. The van der Waals surface area contributed by atoms with Crippen LogP contribution in [0.15, 0.2) is 47.2 Å². The molecule has 10 heteroatoms. The van der Waals surface area contributed by atoms with Crippen molar-refractivity contribution in [3.05, 3.63) is 63.3 Å². The van der Waals surface area contributed by atoms with E-state index in [1.54, 1.807) is 11.3 Å². The summed E-state index contributed by atoms with van der Waals surface area (Å²) in [7, 11) is -5.80. The first kappa shape index (κ1) is 21.9. The Morgan fingerprint density at radius 1 is 1.21 bits per heavy atom. The van der Waals surface area contributed by atoms with E-state index in [1.807, 2.05) is 21.4 Å². The van der Waals surface area contributed by atoms with Crippen molar-refractivity contribution in [1.82, 2.24) is 0 Å². The SMILES string of the molecule is O=S(=O)(O/C(=C\C1=[N+](Cc2ccsc2)CCCC1)c1ccc(Cl)cc1)C(F)(F)F. The maximum atomic E-state index is 12.9. The van der Waals surface area contributed by atoms with E-state index in [0.29, 0.717) is 18.0 Å². The number of alkyl halides is 3. The Kier molecular flexibility index (Phi) is 6.70. The summed E-state index contributed by atoms with van der Waals surface area (Å²) in [6.45, 7) is 1.32. The number of rotatable bonds is 6. The Bertz CT molecular complexity index is 1010. The van der Waals surface area contributed by atoms with Gasteiger partial charge in [-0.25, -0.2) is 4.58 Å². The average molecular weight is 465 g/mol. The van der Waals surface area contributed by atoms with Crippen LogP contribution in [-0.4, -0.2) is 30.8 Å². The lowest BCUT2D eigenvalue weighted by molar-refractivity contribution is -0.548. The van der Waals surface area contributed by atoms with E-state index in [-0.39, 0.29) is 11.3 Å². The lowest BCUT2D eigenvalue weighted by Crippen LogP contribution is -2.27. The van der Waals surface area contributed by atoms with Crippen molar-refractivity contribution in [3.8, 4) is 0 Å². The van der Waals surface area contributed by atoms with E-state index in [0.717, 1.165) is 30.7 Å². The molecule has 156 valence electrons. The fraction of sp³-hybridized carbons (Fsp3) is 0.316. The summed E-state index contributed by atoms with van der Waals surface area (Å²) in [4.78, 5) is 0. The highest BCUT2D eigenvalue weighted by Crippen LogP contribution is 2.30. The molecule has 29 heavy (non-hydrogen) atoms. The number of allylic oxidation sites excluding steroid dienone is 1. The summed E-state index contributed by atoms with van der Waals surface area (Å²) in [5.74, 6) is -0.383. The summed E-state index contributed by atoms with van der Waals surface area (Å²) in [5.41, 5.74) is -3.52. The molecular formula is C19H18ClF3NO3S2+. The lowest BCUT2D eigenvalue weighted by Gasteiger charge is -2.16. The van der Waals surface area contributed by atoms with Gasteiger partial charge in [-0.1, -0.05) is 11.6 Å². The van der Waals surface area contributed by atoms with Crippen molar-refractivity contribution in [2.75, 3.05) is 6.54 Å². The smallest absolute Gasteiger partial charge is 0.375 e. The molecule has 0 N–H and O–H groups in total. The highest BCUT2D eigenvalue weighted by atomic mass is 35.5. The molecule has 0 aliphatic carbocycles. The van der Waals surface area contributed by atoms with Gasteiger partial charge in [0.05, 0.1) is 0 Å². The van der Waals surface area contributed by atoms with E-state index in [4.69, 9.17) is 11.6 Å². The van der Waals surface area contributed by atoms with Crippen LogP contribution in [0.2, 0.25) is 5.02 Å². The van der Waals surface area contributed by atoms with E-state index in [1.165, 1.54) is 30.3 Å². The fourth-order valence-corrected chi connectivity index (χ4v) is 4.21. The van der Waals surface area contributed by atoms with E-state index in [2.05, 4.69) is 4.18 Å². The predicted octanol–water partition coefficient (Wildman–Crippen LogP) is 5.45. The Morgan fingerprint density at radius 3 is 2.55 bits per heavy atom. The Labute approximate surface area is 176 Å². The number of hydrogen-bond acceptors (Lipinski definition) is 4. The molecule has 4 nitrogen and oxygen atoms in total. The molecule has 1 aliphatic heterocycles. The first-order valence-corrected chi connectivity index (χ1v) is 11.5. The van der Waals surface area contributed by atoms with Gasteiger partial charge in [-0.15, -0.1) is 0 Å². The van der Waals surface area contributed by atoms with Gasteiger partial charge in [-0.05, 0) is 42.1 Å². The van der Waals surface area contributed by atoms with Gasteiger partial charge in [0, 0.05) is 40.4 Å². The second-order valence-corrected chi connectivity index (χ2v) is 9.25. The zero-order valence-electron chi connectivity index (χ0n) is 15.2. The molecular weight excluding hydrogens is 447 g/mol. The van der Waals surface area contributed by atoms with Crippen LogP contribution < -0.4 is 0 Å². The molecule has 0 bridgehead atoms. The maximum Gasteiger partial charge on any atom is 0.534 e. The van der Waals surface area contributed by atoms with Gasteiger partial charge in [-0.3, -0.25) is 0 Å². The van der Waals surface area contributed by atoms with Crippen LogP contribution >= 0.6 is 22.9 Å². The molecule has 0 spiro atoms. The molecule has 0 amide bonds. The van der Waals surface area contributed by atoms with Crippen LogP contribution in [-0.2, 0) is 20.8 Å². The molecule has 1 aromatic heterocycles. The molecule has 3 rings (SSSR count). The molecule has 0 fully saturated rings. The molecule has 1 aromatic carbocycles. The standard InChI is InChI=1S/C19H18ClF3NO3S2/c20-16-6-4-15(5-7-16)18(27-29(25,26)19(21,22)23)11-17-3-1-2-9-24(17)12-14-8-10-28-13-14/h4-8,10-11,13H,1-3,9,12H2/q+1/b18-11-. The van der Waals surface area contributed by atoms with Crippen molar-refractivity contribution in [2.24, 2.45) is 0 Å². The molecule has 2 heterocycles. The van der Waals surface area contributed by atoms with Crippen molar-refractivity contribution in [1.29, 1.82) is 0 Å². The van der Waals surface area contributed by atoms with Gasteiger partial charge >= 0.3 is 15.6 Å². The maximum absolute atomic E-state index is 12.9. The second-order valence-electron chi connectivity index (χ2n) is 6.50. The van der Waals surface area contributed by atoms with Crippen LogP contribution in [0.25, 0.3) is 5.76 Å². The summed E-state index contributed by atoms with van der Waals surface area (Å²) >= 11 is 7.40. The van der Waals surface area contributed by atoms with Crippen molar-refractivity contribution >= 4 is 44.5 Å². The van der Waals surface area contributed by atoms with Gasteiger partial charge in [-0.2, -0.15) is 32.9 Å². The van der Waals surface area contributed by atoms with Crippen molar-refractivity contribution in [2.45, 2.75) is 31.3 Å². The zero-order valence-corrected chi connectivity index (χ0v) is 17.5. The quantitative estimate of drug-likeness (QED) is 0.247. The van der Waals surface area contributed by atoms with Crippen LogP contribution in [0.3, 0.4) is 0 Å². The molecule has 0 atom stereocenters. The van der Waals surface area contributed by atoms with Gasteiger partial charge in [0.2, 0.25) is 0 Å². The molecule has 0 saturated carbocycles. The molecule has 0 radical (unpaired) electrons. The summed E-state index contributed by atoms with van der Waals surface area (Å²) in [5, 5.41) is 4.32. The monoisotopic (exact) mass is 464 g/mol. The first-order valence-electron chi connectivity index (χ1n) is 8.76. The number of hydrogen-bond donors (Lipinski definition) is 0. The number of benzene rings is 1. The molecule has 0 saturated heterocycles. The third-order valence-electron chi connectivity index (χ3n) is 4.38. The predicted molar refractivity (Wildman–Crippen MR) is 107 cm³/mol. The lowest BCUT2D eigenvalue weighted by atomic mass is 10.0. The highest BCUT2D eigenvalue weighted by Gasteiger charge is 2.49. The first-order chi connectivity index (χ1) is 13.7. The van der Waals surface area contributed by atoms with Crippen molar-refractivity contribution < 1.29 is 30.3 Å². The molecule has 2 aromatic rings. The van der Waals surface area contributed by atoms with Gasteiger partial charge in [0.25, 0.3) is 0 Å². The topological polar surface area (TPSA) is 46.4 Å². The third-order valence-corrected chi connectivity index (χ3v) is 6.33. The number of thiophene rings is 1. The summed E-state index contributed by atoms with van der Waals surface area (Å²) < 4.78 is 68.6. The van der Waals surface area contributed by atoms with Crippen LogP contribution in [0.4, 0.5) is 13.2 Å². The van der Waals surface area contributed by atoms with Crippen molar-refractivity contribution in [3.63, 3.8) is 0 Å². The number of nitrogens with zero attached hydrogens (tertiary/aromatic N) is 1. The van der Waals surface area contributed by atoms with Crippen LogP contribution in [0.5, 0.6) is 0 Å². The minimum absolute atomic E-state index is 0.191. The summed E-state index contributed by atoms with van der Waals surface area (Å²) in [6, 6.07) is 7.75. The van der Waals surface area contributed by atoms with Gasteiger partial charge in [0.1, 0.15) is 6.54 Å². The van der Waals surface area contributed by atoms with E-state index >= 15 is 0 Å². The Morgan fingerprint density at radius 2 is 1.93 bits per heavy atom. The largest absolute Gasteiger partial charge is 0.534 e. The van der Waals surface area contributed by atoms with E-state index < -0.39 is 15.6 Å². The number of halogens is 4. The molecule has 1 aliphatic rings. The van der Waals surface area contributed by atoms with E-state index in [9.17, 15) is 21.6 Å². The Hall–Kier alpha value is -1.84. The zero-order chi connectivity index (χ0) is 21.1. The summed E-state index contributed by atoms with van der Waals surface area (Å²) in [6.07, 6.45) is 3.79. The normalized spacial score (nSPS) is 16.2. The average Bonchev–Trinajstić information content (AvgIpc) is 3.15. The fourth-order valence-electron chi connectivity index (χ4n) is 2.94. The van der Waals surface area contributed by atoms with Gasteiger partial charge < -0.3 is 4.18 Å². The second kappa shape index (κ2) is 8.89. The minimum Gasteiger partial charge on any atom is -0.375 e. The van der Waals surface area contributed by atoms with Crippen LogP contribution in [0.1, 0.15) is 30.4 Å².